The Balaban J connectivity index is 2.71. The van der Waals surface area contributed by atoms with Crippen molar-refractivity contribution in [1.82, 2.24) is 4.90 Å². The third-order valence-electron chi connectivity index (χ3n) is 2.66. The Labute approximate surface area is 101 Å². The minimum absolute atomic E-state index is 0.149. The van der Waals surface area contributed by atoms with E-state index in [-0.39, 0.29) is 18.9 Å². The zero-order valence-corrected chi connectivity index (χ0v) is 10.1. The van der Waals surface area contributed by atoms with Crippen molar-refractivity contribution < 1.29 is 14.7 Å². The monoisotopic (exact) mass is 235 g/mol. The Hall–Kier alpha value is -1.84. The summed E-state index contributed by atoms with van der Waals surface area (Å²) < 4.78 is 0. The number of benzene rings is 1. The lowest BCUT2D eigenvalue weighted by molar-refractivity contribution is -0.144. The summed E-state index contributed by atoms with van der Waals surface area (Å²) >= 11 is 0. The number of carboxylic acid groups (broad SMARTS) is 1. The Bertz CT molecular complexity index is 415. The molecule has 0 bridgehead atoms. The van der Waals surface area contributed by atoms with Gasteiger partial charge in [0.05, 0.1) is 6.42 Å². The van der Waals surface area contributed by atoms with E-state index in [1.54, 1.807) is 6.92 Å². The molecule has 1 aromatic rings. The summed E-state index contributed by atoms with van der Waals surface area (Å²) in [4.78, 5) is 23.8. The van der Waals surface area contributed by atoms with E-state index < -0.39 is 5.97 Å². The number of aryl methyl sites for hydroxylation is 1. The van der Waals surface area contributed by atoms with E-state index >= 15 is 0 Å². The number of rotatable bonds is 5. The normalized spacial score (nSPS) is 10.0. The Morgan fingerprint density at radius 3 is 2.47 bits per heavy atom. The molecular formula is C13H17NO3. The van der Waals surface area contributed by atoms with Crippen molar-refractivity contribution in [1.29, 1.82) is 0 Å². The van der Waals surface area contributed by atoms with Gasteiger partial charge in [0, 0.05) is 6.54 Å². The first kappa shape index (κ1) is 13.2. The predicted molar refractivity (Wildman–Crippen MR) is 64.8 cm³/mol. The fourth-order valence-corrected chi connectivity index (χ4v) is 1.62. The smallest absolute Gasteiger partial charge is 0.323 e. The van der Waals surface area contributed by atoms with E-state index in [1.807, 2.05) is 31.2 Å². The molecule has 0 aliphatic rings. The van der Waals surface area contributed by atoms with Crippen LogP contribution in [-0.2, 0) is 16.0 Å². The lowest BCUT2D eigenvalue weighted by atomic mass is 10.1. The average molecular weight is 235 g/mol. The van der Waals surface area contributed by atoms with E-state index in [0.29, 0.717) is 6.54 Å². The molecule has 1 N–H and O–H groups in total. The fraction of sp³-hybridized carbons (Fsp3) is 0.385. The maximum atomic E-state index is 11.9. The van der Waals surface area contributed by atoms with Crippen LogP contribution in [0.2, 0.25) is 0 Å². The van der Waals surface area contributed by atoms with Crippen LogP contribution in [0, 0.1) is 6.92 Å². The van der Waals surface area contributed by atoms with Gasteiger partial charge in [-0.2, -0.15) is 0 Å². The Morgan fingerprint density at radius 1 is 1.29 bits per heavy atom. The Morgan fingerprint density at radius 2 is 1.94 bits per heavy atom. The third-order valence-corrected chi connectivity index (χ3v) is 2.66. The number of carbonyl (C=O) groups excluding carboxylic acids is 1. The number of carbonyl (C=O) groups is 2. The van der Waals surface area contributed by atoms with Gasteiger partial charge in [-0.15, -0.1) is 0 Å². The van der Waals surface area contributed by atoms with Crippen molar-refractivity contribution in [3.05, 3.63) is 35.4 Å². The van der Waals surface area contributed by atoms with E-state index in [0.717, 1.165) is 11.1 Å². The zero-order chi connectivity index (χ0) is 12.8. The third kappa shape index (κ3) is 3.90. The average Bonchev–Trinajstić information content (AvgIpc) is 2.28. The van der Waals surface area contributed by atoms with Crippen molar-refractivity contribution >= 4 is 11.9 Å². The number of nitrogens with zero attached hydrogens (tertiary/aromatic N) is 1. The van der Waals surface area contributed by atoms with Crippen LogP contribution >= 0.6 is 0 Å². The highest BCUT2D eigenvalue weighted by molar-refractivity contribution is 5.83. The van der Waals surface area contributed by atoms with Crippen LogP contribution in [0.15, 0.2) is 24.3 Å². The molecule has 0 aliphatic heterocycles. The molecule has 1 rings (SSSR count). The highest BCUT2D eigenvalue weighted by Gasteiger charge is 2.15. The van der Waals surface area contributed by atoms with E-state index in [9.17, 15) is 9.59 Å². The van der Waals surface area contributed by atoms with Gasteiger partial charge < -0.3 is 10.0 Å². The minimum Gasteiger partial charge on any atom is -0.480 e. The molecule has 0 aliphatic carbocycles. The number of carboxylic acids is 1. The van der Waals surface area contributed by atoms with Crippen LogP contribution in [0.1, 0.15) is 18.1 Å². The lowest BCUT2D eigenvalue weighted by Crippen LogP contribution is -2.36. The highest BCUT2D eigenvalue weighted by atomic mass is 16.4. The molecule has 1 aromatic carbocycles. The first-order chi connectivity index (χ1) is 8.04. The fourth-order valence-electron chi connectivity index (χ4n) is 1.62. The lowest BCUT2D eigenvalue weighted by Gasteiger charge is -2.19. The molecule has 0 heterocycles. The molecule has 92 valence electrons. The molecule has 0 atom stereocenters. The van der Waals surface area contributed by atoms with E-state index in [2.05, 4.69) is 0 Å². The van der Waals surface area contributed by atoms with Gasteiger partial charge in [0.1, 0.15) is 6.54 Å². The maximum Gasteiger partial charge on any atom is 0.323 e. The van der Waals surface area contributed by atoms with Gasteiger partial charge >= 0.3 is 5.97 Å². The standard InChI is InChI=1S/C13H17NO3/c1-3-14(9-13(16)17)12(15)8-11-7-5-4-6-10(11)2/h4-7H,3,8-9H2,1-2H3,(H,16,17). The molecule has 0 saturated carbocycles. The number of likely N-dealkylation sites (N-methyl/N-ethyl adjacent to an activating group) is 1. The molecule has 0 aromatic heterocycles. The maximum absolute atomic E-state index is 11.9. The summed E-state index contributed by atoms with van der Waals surface area (Å²) in [6.45, 7) is 3.90. The molecule has 4 heteroatoms. The van der Waals surface area contributed by atoms with Crippen LogP contribution in [-0.4, -0.2) is 35.0 Å². The van der Waals surface area contributed by atoms with Gasteiger partial charge in [0.2, 0.25) is 5.91 Å². The van der Waals surface area contributed by atoms with Crippen molar-refractivity contribution in [2.75, 3.05) is 13.1 Å². The second kappa shape index (κ2) is 6.03. The summed E-state index contributed by atoms with van der Waals surface area (Å²) in [6, 6.07) is 7.62. The largest absolute Gasteiger partial charge is 0.480 e. The van der Waals surface area contributed by atoms with Crippen LogP contribution in [0.4, 0.5) is 0 Å². The predicted octanol–water partition coefficient (Wildman–Crippen LogP) is 1.47. The van der Waals surface area contributed by atoms with Crippen LogP contribution in [0.3, 0.4) is 0 Å². The van der Waals surface area contributed by atoms with Gasteiger partial charge in [-0.05, 0) is 25.0 Å². The zero-order valence-electron chi connectivity index (χ0n) is 10.1. The van der Waals surface area contributed by atoms with Gasteiger partial charge in [-0.1, -0.05) is 24.3 Å². The molecule has 0 radical (unpaired) electrons. The highest BCUT2D eigenvalue weighted by Crippen LogP contribution is 2.09. The van der Waals surface area contributed by atoms with Crippen LogP contribution < -0.4 is 0 Å². The number of hydrogen-bond donors (Lipinski definition) is 1. The quantitative estimate of drug-likeness (QED) is 0.840. The topological polar surface area (TPSA) is 57.6 Å². The van der Waals surface area contributed by atoms with Crippen molar-refractivity contribution in [3.8, 4) is 0 Å². The molecule has 0 unspecified atom stereocenters. The second-order valence-electron chi connectivity index (χ2n) is 3.90. The SMILES string of the molecule is CCN(CC(=O)O)C(=O)Cc1ccccc1C. The molecule has 4 nitrogen and oxygen atoms in total. The van der Waals surface area contributed by atoms with Gasteiger partial charge in [0.25, 0.3) is 0 Å². The number of aliphatic carboxylic acids is 1. The van der Waals surface area contributed by atoms with Gasteiger partial charge in [-0.3, -0.25) is 9.59 Å². The number of hydrogen-bond acceptors (Lipinski definition) is 2. The molecule has 0 spiro atoms. The van der Waals surface area contributed by atoms with E-state index in [1.165, 1.54) is 4.90 Å². The summed E-state index contributed by atoms with van der Waals surface area (Å²) in [6.07, 6.45) is 0.258. The summed E-state index contributed by atoms with van der Waals surface area (Å²) in [5.74, 6) is -1.13. The summed E-state index contributed by atoms with van der Waals surface area (Å²) in [7, 11) is 0. The summed E-state index contributed by atoms with van der Waals surface area (Å²) in [5.41, 5.74) is 1.99. The van der Waals surface area contributed by atoms with Crippen molar-refractivity contribution in [3.63, 3.8) is 0 Å². The van der Waals surface area contributed by atoms with Crippen molar-refractivity contribution in [2.45, 2.75) is 20.3 Å². The molecule has 0 fully saturated rings. The second-order valence-corrected chi connectivity index (χ2v) is 3.90. The summed E-state index contributed by atoms with van der Waals surface area (Å²) in [5, 5.41) is 8.69. The molecule has 1 amide bonds. The number of amides is 1. The van der Waals surface area contributed by atoms with Crippen LogP contribution in [0.5, 0.6) is 0 Å². The first-order valence-corrected chi connectivity index (χ1v) is 5.58. The van der Waals surface area contributed by atoms with Gasteiger partial charge in [-0.25, -0.2) is 0 Å². The minimum atomic E-state index is -0.981. The first-order valence-electron chi connectivity index (χ1n) is 5.58. The van der Waals surface area contributed by atoms with Crippen molar-refractivity contribution in [2.24, 2.45) is 0 Å². The molecule has 17 heavy (non-hydrogen) atoms. The molecule has 0 saturated heterocycles. The Kier molecular flexibility index (Phi) is 4.69. The van der Waals surface area contributed by atoms with Gasteiger partial charge in [0.15, 0.2) is 0 Å². The molecular weight excluding hydrogens is 218 g/mol. The van der Waals surface area contributed by atoms with Crippen LogP contribution in [0.25, 0.3) is 0 Å². The van der Waals surface area contributed by atoms with E-state index in [4.69, 9.17) is 5.11 Å².